The summed E-state index contributed by atoms with van der Waals surface area (Å²) in [5, 5.41) is 16.7. The van der Waals surface area contributed by atoms with Crippen molar-refractivity contribution in [2.45, 2.75) is 64.2 Å². The van der Waals surface area contributed by atoms with Crippen LogP contribution in [0.15, 0.2) is 24.3 Å². The molecule has 5 heteroatoms. The SMILES string of the molecule is C#CCN(C)Cc1ccc(C(=O)NC2CC(C)(C)N([O])C(C)(C)C2)cc1. The van der Waals surface area contributed by atoms with Crippen LogP contribution in [0.25, 0.3) is 0 Å². The fraction of sp³-hybridized carbons (Fsp3) is 0.571. The van der Waals surface area contributed by atoms with Gasteiger partial charge in [-0.3, -0.25) is 9.69 Å². The second-order valence-corrected chi connectivity index (χ2v) is 8.57. The number of hydrogen-bond acceptors (Lipinski definition) is 3. The Bertz CT molecular complexity index is 655. The summed E-state index contributed by atoms with van der Waals surface area (Å²) >= 11 is 0. The molecular formula is C21H30N3O2. The van der Waals surface area contributed by atoms with Crippen LogP contribution in [0.3, 0.4) is 0 Å². The smallest absolute Gasteiger partial charge is 0.251 e. The standard InChI is InChI=1S/C21H30N3O2/c1-7-12-23(6)15-16-8-10-17(11-9-16)19(25)22-18-13-20(2,3)24(26)21(4,5)14-18/h1,8-11,18H,12-15H2,2-6H3,(H,22,25). The van der Waals surface area contributed by atoms with Crippen LogP contribution in [0.5, 0.6) is 0 Å². The number of rotatable bonds is 5. The molecule has 1 N–H and O–H groups in total. The minimum atomic E-state index is -0.495. The number of carbonyl (C=O) groups excluding carboxylic acids is 1. The van der Waals surface area contributed by atoms with E-state index in [9.17, 15) is 10.0 Å². The van der Waals surface area contributed by atoms with E-state index in [2.05, 4.69) is 11.2 Å². The lowest BCUT2D eigenvalue weighted by atomic mass is 9.79. The molecule has 1 aliphatic heterocycles. The Labute approximate surface area is 157 Å². The normalized spacial score (nSPS) is 19.9. The Morgan fingerprint density at radius 3 is 2.27 bits per heavy atom. The van der Waals surface area contributed by atoms with Crippen molar-refractivity contribution in [1.29, 1.82) is 0 Å². The zero-order chi connectivity index (χ0) is 19.5. The monoisotopic (exact) mass is 356 g/mol. The van der Waals surface area contributed by atoms with Gasteiger partial charge in [-0.05, 0) is 65.3 Å². The molecule has 5 nitrogen and oxygen atoms in total. The quantitative estimate of drug-likeness (QED) is 0.826. The average molecular weight is 356 g/mol. The summed E-state index contributed by atoms with van der Waals surface area (Å²) in [6, 6.07) is 7.58. The van der Waals surface area contributed by atoms with Crippen molar-refractivity contribution in [3.8, 4) is 12.3 Å². The van der Waals surface area contributed by atoms with Gasteiger partial charge in [-0.25, -0.2) is 0 Å². The summed E-state index contributed by atoms with van der Waals surface area (Å²) in [6.45, 7) is 9.06. The Morgan fingerprint density at radius 1 is 1.23 bits per heavy atom. The Kier molecular flexibility index (Phi) is 6.13. The molecule has 1 amide bonds. The minimum Gasteiger partial charge on any atom is -0.349 e. The van der Waals surface area contributed by atoms with Gasteiger partial charge in [0.15, 0.2) is 0 Å². The highest BCUT2D eigenvalue weighted by Gasteiger charge is 2.46. The van der Waals surface area contributed by atoms with Crippen LogP contribution < -0.4 is 5.32 Å². The highest BCUT2D eigenvalue weighted by Crippen LogP contribution is 2.37. The molecule has 0 saturated carbocycles. The molecule has 1 aromatic carbocycles. The van der Waals surface area contributed by atoms with Gasteiger partial charge in [0.2, 0.25) is 0 Å². The van der Waals surface area contributed by atoms with Crippen molar-refractivity contribution in [2.75, 3.05) is 13.6 Å². The van der Waals surface area contributed by atoms with Gasteiger partial charge in [-0.2, -0.15) is 0 Å². The van der Waals surface area contributed by atoms with E-state index in [-0.39, 0.29) is 11.9 Å². The Hall–Kier alpha value is -1.87. The molecule has 0 spiro atoms. The highest BCUT2D eigenvalue weighted by atomic mass is 16.5. The average Bonchev–Trinajstić information content (AvgIpc) is 2.53. The molecule has 0 bridgehead atoms. The number of carbonyl (C=O) groups is 1. The van der Waals surface area contributed by atoms with Gasteiger partial charge < -0.3 is 5.32 Å². The van der Waals surface area contributed by atoms with Crippen LogP contribution in [0.2, 0.25) is 0 Å². The van der Waals surface area contributed by atoms with Gasteiger partial charge in [0, 0.05) is 29.2 Å². The third-order valence-corrected chi connectivity index (χ3v) is 4.96. The van der Waals surface area contributed by atoms with Gasteiger partial charge in [0.25, 0.3) is 5.91 Å². The molecule has 1 heterocycles. The maximum atomic E-state index is 12.6. The number of piperidine rings is 1. The molecule has 1 aromatic rings. The first kappa shape index (κ1) is 20.4. The summed E-state index contributed by atoms with van der Waals surface area (Å²) in [5.74, 6) is 2.52. The van der Waals surface area contributed by atoms with Gasteiger partial charge in [-0.15, -0.1) is 16.7 Å². The molecule has 2 rings (SSSR count). The minimum absolute atomic E-state index is 0.0147. The lowest BCUT2D eigenvalue weighted by Crippen LogP contribution is -2.62. The second kappa shape index (κ2) is 7.79. The van der Waals surface area contributed by atoms with Crippen LogP contribution in [-0.4, -0.2) is 46.6 Å². The van der Waals surface area contributed by atoms with E-state index in [1.165, 1.54) is 5.06 Å². The fourth-order valence-corrected chi connectivity index (χ4v) is 3.92. The lowest BCUT2D eigenvalue weighted by molar-refractivity contribution is -0.289. The summed E-state index contributed by atoms with van der Waals surface area (Å²) in [6.07, 6.45) is 6.59. The van der Waals surface area contributed by atoms with E-state index in [1.54, 1.807) is 0 Å². The first-order chi connectivity index (χ1) is 12.0. The summed E-state index contributed by atoms with van der Waals surface area (Å²) in [5.41, 5.74) is 0.755. The Balaban J connectivity index is 2.00. The molecule has 1 saturated heterocycles. The zero-order valence-electron chi connectivity index (χ0n) is 16.5. The molecule has 141 valence electrons. The predicted octanol–water partition coefficient (Wildman–Crippen LogP) is 2.85. The molecule has 1 fully saturated rings. The molecule has 0 aliphatic carbocycles. The van der Waals surface area contributed by atoms with Crippen LogP contribution in [0.1, 0.15) is 56.5 Å². The molecule has 0 atom stereocenters. The van der Waals surface area contributed by atoms with Gasteiger partial charge in [0.05, 0.1) is 6.54 Å². The van der Waals surface area contributed by atoms with Gasteiger partial charge in [0.1, 0.15) is 0 Å². The third-order valence-electron chi connectivity index (χ3n) is 4.96. The van der Waals surface area contributed by atoms with E-state index in [0.717, 1.165) is 12.1 Å². The molecule has 1 radical (unpaired) electrons. The largest absolute Gasteiger partial charge is 0.349 e. The maximum absolute atomic E-state index is 12.6. The number of nitrogens with zero attached hydrogens (tertiary/aromatic N) is 2. The summed E-state index contributed by atoms with van der Waals surface area (Å²) in [4.78, 5) is 14.7. The molecule has 26 heavy (non-hydrogen) atoms. The van der Waals surface area contributed by atoms with Crippen molar-refractivity contribution in [3.05, 3.63) is 35.4 Å². The first-order valence-corrected chi connectivity index (χ1v) is 9.04. The van der Waals surface area contributed by atoms with Crippen molar-refractivity contribution < 1.29 is 10.0 Å². The molecule has 0 unspecified atom stereocenters. The third kappa shape index (κ3) is 4.85. The number of terminal acetylenes is 1. The second-order valence-electron chi connectivity index (χ2n) is 8.57. The molecule has 0 aromatic heterocycles. The fourth-order valence-electron chi connectivity index (χ4n) is 3.92. The first-order valence-electron chi connectivity index (χ1n) is 9.04. The van der Waals surface area contributed by atoms with Crippen LogP contribution in [0.4, 0.5) is 0 Å². The number of benzene rings is 1. The molecular weight excluding hydrogens is 326 g/mol. The summed E-state index contributed by atoms with van der Waals surface area (Å²) < 4.78 is 0. The van der Waals surface area contributed by atoms with Crippen LogP contribution >= 0.6 is 0 Å². The lowest BCUT2D eigenvalue weighted by Gasteiger charge is -2.50. The van der Waals surface area contributed by atoms with Crippen molar-refractivity contribution in [3.63, 3.8) is 0 Å². The van der Waals surface area contributed by atoms with Gasteiger partial charge in [-0.1, -0.05) is 18.1 Å². The van der Waals surface area contributed by atoms with E-state index in [1.807, 2.05) is 63.9 Å². The number of nitrogens with one attached hydrogen (secondary N) is 1. The topological polar surface area (TPSA) is 55.5 Å². The number of hydroxylamine groups is 2. The van der Waals surface area contributed by atoms with Crippen LogP contribution in [0, 0.1) is 12.3 Å². The number of hydrogen-bond donors (Lipinski definition) is 1. The number of amides is 1. The predicted molar refractivity (Wildman–Crippen MR) is 103 cm³/mol. The van der Waals surface area contributed by atoms with Crippen LogP contribution in [-0.2, 0) is 11.8 Å². The summed E-state index contributed by atoms with van der Waals surface area (Å²) in [7, 11) is 1.96. The zero-order valence-corrected chi connectivity index (χ0v) is 16.5. The highest BCUT2D eigenvalue weighted by molar-refractivity contribution is 5.94. The van der Waals surface area contributed by atoms with Crippen molar-refractivity contribution in [1.82, 2.24) is 15.3 Å². The van der Waals surface area contributed by atoms with E-state index >= 15 is 0 Å². The van der Waals surface area contributed by atoms with Gasteiger partial charge >= 0.3 is 0 Å². The Morgan fingerprint density at radius 2 is 1.77 bits per heavy atom. The molecule has 1 aliphatic rings. The van der Waals surface area contributed by atoms with Crippen molar-refractivity contribution >= 4 is 5.91 Å². The maximum Gasteiger partial charge on any atom is 0.251 e. The van der Waals surface area contributed by atoms with E-state index in [4.69, 9.17) is 6.42 Å². The van der Waals surface area contributed by atoms with Crippen molar-refractivity contribution in [2.24, 2.45) is 0 Å². The van der Waals surface area contributed by atoms with E-state index in [0.29, 0.717) is 24.9 Å². The van der Waals surface area contributed by atoms with E-state index < -0.39 is 11.1 Å².